The number of rotatable bonds is 7. The molecule has 0 saturated carbocycles. The zero-order chi connectivity index (χ0) is 26.6. The Labute approximate surface area is 208 Å². The molecule has 1 fully saturated rings. The van der Waals surface area contributed by atoms with Crippen molar-refractivity contribution in [3.8, 4) is 11.8 Å². The Morgan fingerprint density at radius 3 is 2.50 bits per heavy atom. The molecule has 3 rings (SSSR count). The minimum Gasteiger partial charge on any atom is -0.390 e. The van der Waals surface area contributed by atoms with Gasteiger partial charge in [0.15, 0.2) is 17.6 Å². The summed E-state index contributed by atoms with van der Waals surface area (Å²) in [7, 11) is -3.31. The Hall–Kier alpha value is -3.32. The van der Waals surface area contributed by atoms with Crippen LogP contribution in [0.1, 0.15) is 32.8 Å². The number of hydrogen-bond acceptors (Lipinski definition) is 10. The third-order valence-electron chi connectivity index (χ3n) is 5.51. The van der Waals surface area contributed by atoms with Gasteiger partial charge in [0.05, 0.1) is 18.7 Å². The molecule has 1 aliphatic heterocycles. The number of hydrogen-bond donors (Lipinski definition) is 3. The first-order valence-electron chi connectivity index (χ1n) is 11.3. The highest BCUT2D eigenvalue weighted by atomic mass is 32.2. The van der Waals surface area contributed by atoms with Gasteiger partial charge in [0.25, 0.3) is 11.8 Å². The quantitative estimate of drug-likeness (QED) is 0.353. The minimum atomic E-state index is -3.31. The van der Waals surface area contributed by atoms with Crippen LogP contribution in [-0.2, 0) is 24.3 Å². The van der Waals surface area contributed by atoms with Gasteiger partial charge >= 0.3 is 0 Å². The average molecular weight is 523 g/mol. The van der Waals surface area contributed by atoms with Crippen molar-refractivity contribution >= 4 is 38.8 Å². The smallest absolute Gasteiger partial charge is 0.299 e. The van der Waals surface area contributed by atoms with Crippen LogP contribution in [0.5, 0.6) is 0 Å². The van der Waals surface area contributed by atoms with Crippen LogP contribution in [0.2, 0.25) is 0 Å². The first-order chi connectivity index (χ1) is 16.9. The zero-order valence-electron chi connectivity index (χ0n) is 20.5. The summed E-state index contributed by atoms with van der Waals surface area (Å²) < 4.78 is 31.9. The number of carbonyl (C=O) groups excluding carboxylic acids is 2. The van der Waals surface area contributed by atoms with E-state index in [1.165, 1.54) is 27.0 Å². The van der Waals surface area contributed by atoms with E-state index < -0.39 is 40.3 Å². The molecule has 196 valence electrons. The van der Waals surface area contributed by atoms with E-state index in [0.717, 1.165) is 6.26 Å². The molecule has 2 aromatic heterocycles. The molecule has 4 N–H and O–H groups in total. The number of aliphatic hydroxyl groups excluding tert-OH is 1. The number of carbonyl (C=O) groups is 2. The van der Waals surface area contributed by atoms with Crippen LogP contribution in [-0.4, -0.2) is 105 Å². The van der Waals surface area contributed by atoms with Crippen molar-refractivity contribution in [2.45, 2.75) is 39.2 Å². The van der Waals surface area contributed by atoms with Crippen molar-refractivity contribution < 1.29 is 27.9 Å². The number of anilines is 1. The maximum atomic E-state index is 12.5. The van der Waals surface area contributed by atoms with Gasteiger partial charge in [-0.25, -0.2) is 23.4 Å². The van der Waals surface area contributed by atoms with Crippen LogP contribution >= 0.6 is 0 Å². The molecule has 15 heteroatoms. The van der Waals surface area contributed by atoms with Crippen molar-refractivity contribution in [1.82, 2.24) is 34.0 Å². The van der Waals surface area contributed by atoms with Crippen molar-refractivity contribution in [1.29, 1.82) is 0 Å². The van der Waals surface area contributed by atoms with E-state index in [9.17, 15) is 23.1 Å². The Bertz CT molecular complexity index is 1290. The van der Waals surface area contributed by atoms with E-state index in [-0.39, 0.29) is 49.0 Å². The number of nitrogens with two attached hydrogens (primary N) is 1. The monoisotopic (exact) mass is 522 g/mol. The molecular formula is C21H30N8O6S. The Morgan fingerprint density at radius 1 is 1.25 bits per heavy atom. The summed E-state index contributed by atoms with van der Waals surface area (Å²) in [6.45, 7) is 6.08. The van der Waals surface area contributed by atoms with Crippen molar-refractivity contribution in [3.05, 3.63) is 12.2 Å². The van der Waals surface area contributed by atoms with E-state index in [4.69, 9.17) is 10.5 Å². The van der Waals surface area contributed by atoms with Gasteiger partial charge in [0.1, 0.15) is 11.7 Å². The highest BCUT2D eigenvalue weighted by Gasteiger charge is 2.28. The molecule has 0 aromatic carbocycles. The number of nitrogen functional groups attached to an aromatic ring is 1. The molecule has 14 nitrogen and oxygen atoms in total. The summed E-state index contributed by atoms with van der Waals surface area (Å²) in [4.78, 5) is 38.8. The van der Waals surface area contributed by atoms with E-state index >= 15 is 0 Å². The molecular weight excluding hydrogens is 492 g/mol. The van der Waals surface area contributed by atoms with E-state index in [2.05, 4.69) is 32.1 Å². The third kappa shape index (κ3) is 6.26. The second kappa shape index (κ2) is 11.2. The van der Waals surface area contributed by atoms with Crippen LogP contribution in [0, 0.1) is 11.8 Å². The second-order valence-corrected chi connectivity index (χ2v) is 10.2. The molecule has 3 atom stereocenters. The highest BCUT2D eigenvalue weighted by Crippen LogP contribution is 2.22. The van der Waals surface area contributed by atoms with Gasteiger partial charge in [-0.2, -0.15) is 4.31 Å². The van der Waals surface area contributed by atoms with Gasteiger partial charge in [0.2, 0.25) is 15.8 Å². The lowest BCUT2D eigenvalue weighted by atomic mass is 10.2. The summed E-state index contributed by atoms with van der Waals surface area (Å²) >= 11 is 0. The number of amides is 2. The van der Waals surface area contributed by atoms with E-state index in [1.807, 2.05) is 0 Å². The summed E-state index contributed by atoms with van der Waals surface area (Å²) in [5.74, 6) is 4.15. The summed E-state index contributed by atoms with van der Waals surface area (Å²) in [6, 6.07) is 0. The fourth-order valence-corrected chi connectivity index (χ4v) is 4.45. The summed E-state index contributed by atoms with van der Waals surface area (Å²) in [5, 5.41) is 12.6. The average Bonchev–Trinajstić information content (AvgIpc) is 3.25. The Kier molecular flexibility index (Phi) is 8.46. The fourth-order valence-electron chi connectivity index (χ4n) is 3.62. The number of imidazole rings is 1. The predicted octanol–water partition coefficient (Wildman–Crippen LogP) is -1.72. The third-order valence-corrected chi connectivity index (χ3v) is 6.81. The number of nitrogens with one attached hydrogen (secondary N) is 1. The Morgan fingerprint density at radius 2 is 1.92 bits per heavy atom. The van der Waals surface area contributed by atoms with Gasteiger partial charge < -0.3 is 25.8 Å². The van der Waals surface area contributed by atoms with Gasteiger partial charge in [-0.15, -0.1) is 0 Å². The lowest BCUT2D eigenvalue weighted by Gasteiger charge is -2.31. The van der Waals surface area contributed by atoms with Crippen LogP contribution in [0.15, 0.2) is 6.33 Å². The number of sulfonamides is 1. The number of piperazine rings is 1. The fraction of sp³-hybridized carbons (Fsp3) is 0.571. The van der Waals surface area contributed by atoms with Crippen LogP contribution < -0.4 is 11.1 Å². The Balaban J connectivity index is 1.79. The second-order valence-electron chi connectivity index (χ2n) is 8.25. The van der Waals surface area contributed by atoms with Gasteiger partial charge in [-0.3, -0.25) is 14.2 Å². The SMILES string of the molecule is CCNC(=O)[C@@H](O[C@H](C)n1cnc2c(N)nc(C#CC(=O)N3CCN(S(C)(=O)=O)CC3)nc21)C(C)O. The minimum absolute atomic E-state index is 0.0205. The first kappa shape index (κ1) is 27.3. The maximum absolute atomic E-state index is 12.5. The number of likely N-dealkylation sites (N-methyl/N-ethyl adjacent to an activating group) is 1. The topological polar surface area (TPSA) is 186 Å². The molecule has 0 bridgehead atoms. The highest BCUT2D eigenvalue weighted by molar-refractivity contribution is 7.88. The van der Waals surface area contributed by atoms with Crippen molar-refractivity contribution in [2.24, 2.45) is 0 Å². The normalized spacial score (nSPS) is 17.2. The molecule has 36 heavy (non-hydrogen) atoms. The number of aliphatic hydroxyl groups is 1. The molecule has 0 spiro atoms. The maximum Gasteiger partial charge on any atom is 0.299 e. The van der Waals surface area contributed by atoms with Crippen LogP contribution in [0.4, 0.5) is 5.82 Å². The molecule has 0 radical (unpaired) electrons. The van der Waals surface area contributed by atoms with Crippen molar-refractivity contribution in [3.63, 3.8) is 0 Å². The van der Waals surface area contributed by atoms with Gasteiger partial charge in [-0.05, 0) is 26.7 Å². The number of fused-ring (bicyclic) bond motifs is 1. The molecule has 3 heterocycles. The molecule has 2 aromatic rings. The van der Waals surface area contributed by atoms with E-state index in [0.29, 0.717) is 6.54 Å². The predicted molar refractivity (Wildman–Crippen MR) is 130 cm³/mol. The number of ether oxygens (including phenoxy) is 1. The molecule has 1 saturated heterocycles. The van der Waals surface area contributed by atoms with Crippen LogP contribution in [0.3, 0.4) is 0 Å². The largest absolute Gasteiger partial charge is 0.390 e. The van der Waals surface area contributed by atoms with Gasteiger partial charge in [0, 0.05) is 38.6 Å². The van der Waals surface area contributed by atoms with E-state index in [1.54, 1.807) is 13.8 Å². The summed E-state index contributed by atoms with van der Waals surface area (Å²) in [6.07, 6.45) is -0.415. The molecule has 1 aliphatic rings. The lowest BCUT2D eigenvalue weighted by molar-refractivity contribution is -0.150. The van der Waals surface area contributed by atoms with Gasteiger partial charge in [-0.1, -0.05) is 0 Å². The first-order valence-corrected chi connectivity index (χ1v) is 13.1. The molecule has 2 amide bonds. The standard InChI is InChI=1S/C21H30N8O6S/c1-5-23-21(32)18(13(2)30)35-14(3)29-12-24-17-19(22)25-15(26-20(17)29)6-7-16(31)27-8-10-28(11-9-27)36(4,33)34/h12-14,18,30H,5,8-11H2,1-4H3,(H,23,32)(H2,22,25,26)/t13?,14-,18+/m1/s1. The molecule has 1 unspecified atom stereocenters. The lowest BCUT2D eigenvalue weighted by Crippen LogP contribution is -2.50. The van der Waals surface area contributed by atoms with Crippen LogP contribution in [0.25, 0.3) is 11.2 Å². The van der Waals surface area contributed by atoms with Crippen molar-refractivity contribution in [2.75, 3.05) is 44.7 Å². The number of aromatic nitrogens is 4. The number of nitrogens with zero attached hydrogens (tertiary/aromatic N) is 6. The zero-order valence-corrected chi connectivity index (χ0v) is 21.3. The summed E-state index contributed by atoms with van der Waals surface area (Å²) in [5.41, 5.74) is 6.57. The molecule has 0 aliphatic carbocycles.